The van der Waals surface area contributed by atoms with Crippen LogP contribution in [0.15, 0.2) is 24.3 Å². The summed E-state index contributed by atoms with van der Waals surface area (Å²) in [5.41, 5.74) is 2.89. The van der Waals surface area contributed by atoms with E-state index in [4.69, 9.17) is 0 Å². The number of hydrogen-bond acceptors (Lipinski definition) is 2. The Labute approximate surface area is 118 Å². The molecule has 1 heterocycles. The second kappa shape index (κ2) is 7.06. The van der Waals surface area contributed by atoms with Gasteiger partial charge in [-0.2, -0.15) is 0 Å². The van der Waals surface area contributed by atoms with Gasteiger partial charge in [-0.1, -0.05) is 51.5 Å². The molecule has 1 aliphatic heterocycles. The van der Waals surface area contributed by atoms with Crippen molar-refractivity contribution in [1.29, 1.82) is 0 Å². The largest absolute Gasteiger partial charge is 0.314 e. The number of nitrogens with zero attached hydrogens (tertiary/aromatic N) is 1. The van der Waals surface area contributed by atoms with Crippen molar-refractivity contribution in [3.05, 3.63) is 35.4 Å². The number of piperazine rings is 1. The van der Waals surface area contributed by atoms with Gasteiger partial charge in [-0.3, -0.25) is 4.90 Å². The first kappa shape index (κ1) is 14.5. The van der Waals surface area contributed by atoms with E-state index in [1.165, 1.54) is 30.5 Å². The lowest BCUT2D eigenvalue weighted by Gasteiger charge is -2.36. The zero-order valence-corrected chi connectivity index (χ0v) is 12.7. The van der Waals surface area contributed by atoms with Crippen LogP contribution in [0.1, 0.15) is 50.7 Å². The van der Waals surface area contributed by atoms with E-state index >= 15 is 0 Å². The maximum absolute atomic E-state index is 3.52. The minimum atomic E-state index is 0.626. The summed E-state index contributed by atoms with van der Waals surface area (Å²) in [7, 11) is 0. The Hall–Kier alpha value is -0.860. The van der Waals surface area contributed by atoms with Gasteiger partial charge in [0.2, 0.25) is 0 Å². The second-order valence-corrected chi connectivity index (χ2v) is 6.01. The van der Waals surface area contributed by atoms with Gasteiger partial charge < -0.3 is 5.32 Å². The van der Waals surface area contributed by atoms with Gasteiger partial charge in [-0.15, -0.1) is 0 Å². The number of hydrogen-bond donors (Lipinski definition) is 1. The molecule has 1 unspecified atom stereocenters. The molecule has 0 aromatic heterocycles. The summed E-state index contributed by atoms with van der Waals surface area (Å²) in [5, 5.41) is 3.52. The Bertz CT molecular complexity index is 367. The molecule has 1 aliphatic rings. The molecule has 0 bridgehead atoms. The van der Waals surface area contributed by atoms with Crippen LogP contribution in [-0.4, -0.2) is 30.6 Å². The lowest BCUT2D eigenvalue weighted by molar-refractivity contribution is 0.144. The van der Waals surface area contributed by atoms with Gasteiger partial charge in [-0.05, 0) is 23.5 Å². The van der Waals surface area contributed by atoms with Crippen LogP contribution in [0.4, 0.5) is 0 Å². The average molecular weight is 260 g/mol. The highest BCUT2D eigenvalue weighted by molar-refractivity contribution is 5.24. The first-order chi connectivity index (χ1) is 9.20. The molecule has 0 aliphatic carbocycles. The fourth-order valence-electron chi connectivity index (χ4n) is 2.87. The maximum Gasteiger partial charge on any atom is 0.0237 e. The van der Waals surface area contributed by atoms with Crippen LogP contribution in [0.3, 0.4) is 0 Å². The fourth-order valence-corrected chi connectivity index (χ4v) is 2.87. The molecule has 2 rings (SSSR count). The first-order valence-electron chi connectivity index (χ1n) is 7.74. The Balaban J connectivity index is 1.98. The molecule has 106 valence electrons. The van der Waals surface area contributed by atoms with Crippen molar-refractivity contribution < 1.29 is 0 Å². The number of rotatable bonds is 5. The highest BCUT2D eigenvalue weighted by atomic mass is 15.2. The van der Waals surface area contributed by atoms with Gasteiger partial charge in [0.15, 0.2) is 0 Å². The predicted octanol–water partition coefficient (Wildman–Crippen LogP) is 3.38. The molecule has 1 aromatic rings. The van der Waals surface area contributed by atoms with Crippen molar-refractivity contribution in [3.63, 3.8) is 0 Å². The third kappa shape index (κ3) is 4.05. The lowest BCUT2D eigenvalue weighted by Crippen LogP contribution is -2.50. The molecule has 2 heteroatoms. The van der Waals surface area contributed by atoms with Crippen molar-refractivity contribution >= 4 is 0 Å². The summed E-state index contributed by atoms with van der Waals surface area (Å²) in [5.74, 6) is 0.626. The second-order valence-electron chi connectivity index (χ2n) is 6.01. The molecule has 1 aromatic carbocycles. The van der Waals surface area contributed by atoms with Gasteiger partial charge in [-0.25, -0.2) is 0 Å². The van der Waals surface area contributed by atoms with Crippen molar-refractivity contribution in [2.75, 3.05) is 19.6 Å². The van der Waals surface area contributed by atoms with Crippen LogP contribution in [0.2, 0.25) is 0 Å². The molecule has 0 saturated carbocycles. The minimum absolute atomic E-state index is 0.626. The molecule has 0 spiro atoms. The van der Waals surface area contributed by atoms with Crippen molar-refractivity contribution in [2.45, 2.75) is 52.1 Å². The van der Waals surface area contributed by atoms with Crippen molar-refractivity contribution in [3.8, 4) is 0 Å². The number of nitrogens with one attached hydrogen (secondary N) is 1. The van der Waals surface area contributed by atoms with Crippen LogP contribution in [0.25, 0.3) is 0 Å². The molecule has 1 N–H and O–H groups in total. The SMILES string of the molecule is CCCC1CNCCN1Cc1ccc(C(C)C)cc1. The first-order valence-corrected chi connectivity index (χ1v) is 7.74. The van der Waals surface area contributed by atoms with Crippen LogP contribution in [0.5, 0.6) is 0 Å². The Morgan fingerprint density at radius 1 is 1.26 bits per heavy atom. The third-order valence-corrected chi connectivity index (χ3v) is 4.13. The Kier molecular flexibility index (Phi) is 5.41. The summed E-state index contributed by atoms with van der Waals surface area (Å²) in [6, 6.07) is 9.90. The summed E-state index contributed by atoms with van der Waals surface area (Å²) < 4.78 is 0. The van der Waals surface area contributed by atoms with E-state index in [9.17, 15) is 0 Å². The normalized spacial score (nSPS) is 20.9. The molecular formula is C17H28N2. The van der Waals surface area contributed by atoms with E-state index in [-0.39, 0.29) is 0 Å². The average Bonchev–Trinajstić information content (AvgIpc) is 2.42. The molecular weight excluding hydrogens is 232 g/mol. The standard InChI is InChI=1S/C17H28N2/c1-4-5-17-12-18-10-11-19(17)13-15-6-8-16(9-7-15)14(2)3/h6-9,14,17-18H,4-5,10-13H2,1-3H3. The predicted molar refractivity (Wildman–Crippen MR) is 82.5 cm³/mol. The highest BCUT2D eigenvalue weighted by Gasteiger charge is 2.21. The van der Waals surface area contributed by atoms with Gasteiger partial charge in [0.1, 0.15) is 0 Å². The quantitative estimate of drug-likeness (QED) is 0.873. The van der Waals surface area contributed by atoms with Crippen LogP contribution in [0, 0.1) is 0 Å². The van der Waals surface area contributed by atoms with E-state index < -0.39 is 0 Å². The van der Waals surface area contributed by atoms with Crippen LogP contribution in [-0.2, 0) is 6.54 Å². The van der Waals surface area contributed by atoms with E-state index in [1.807, 2.05) is 0 Å². The smallest absolute Gasteiger partial charge is 0.0237 e. The van der Waals surface area contributed by atoms with E-state index in [0.29, 0.717) is 12.0 Å². The van der Waals surface area contributed by atoms with Crippen LogP contribution >= 0.6 is 0 Å². The molecule has 1 saturated heterocycles. The van der Waals surface area contributed by atoms with Crippen molar-refractivity contribution in [2.24, 2.45) is 0 Å². The summed E-state index contributed by atoms with van der Waals surface area (Å²) in [6.07, 6.45) is 2.58. The van der Waals surface area contributed by atoms with Gasteiger partial charge in [0, 0.05) is 32.2 Å². The van der Waals surface area contributed by atoms with Crippen LogP contribution < -0.4 is 5.32 Å². The lowest BCUT2D eigenvalue weighted by atomic mass is 10.0. The molecule has 19 heavy (non-hydrogen) atoms. The summed E-state index contributed by atoms with van der Waals surface area (Å²) in [6.45, 7) is 11.3. The summed E-state index contributed by atoms with van der Waals surface area (Å²) in [4.78, 5) is 2.64. The fraction of sp³-hybridized carbons (Fsp3) is 0.647. The molecule has 2 nitrogen and oxygen atoms in total. The molecule has 0 radical (unpaired) electrons. The molecule has 0 amide bonds. The zero-order chi connectivity index (χ0) is 13.7. The van der Waals surface area contributed by atoms with Gasteiger partial charge in [0.25, 0.3) is 0 Å². The van der Waals surface area contributed by atoms with Gasteiger partial charge >= 0.3 is 0 Å². The molecule has 1 fully saturated rings. The third-order valence-electron chi connectivity index (χ3n) is 4.13. The van der Waals surface area contributed by atoms with E-state index in [0.717, 1.165) is 19.6 Å². The van der Waals surface area contributed by atoms with Gasteiger partial charge in [0.05, 0.1) is 0 Å². The Morgan fingerprint density at radius 3 is 2.63 bits per heavy atom. The minimum Gasteiger partial charge on any atom is -0.314 e. The highest BCUT2D eigenvalue weighted by Crippen LogP contribution is 2.18. The van der Waals surface area contributed by atoms with E-state index in [1.54, 1.807) is 0 Å². The Morgan fingerprint density at radius 2 is 2.00 bits per heavy atom. The monoisotopic (exact) mass is 260 g/mol. The summed E-state index contributed by atoms with van der Waals surface area (Å²) >= 11 is 0. The van der Waals surface area contributed by atoms with E-state index in [2.05, 4.69) is 55.3 Å². The number of benzene rings is 1. The van der Waals surface area contributed by atoms with Crippen molar-refractivity contribution in [1.82, 2.24) is 10.2 Å². The molecule has 1 atom stereocenters. The topological polar surface area (TPSA) is 15.3 Å². The zero-order valence-electron chi connectivity index (χ0n) is 12.7. The maximum atomic E-state index is 3.52.